The normalized spacial score (nSPS) is 20.7. The summed E-state index contributed by atoms with van der Waals surface area (Å²) in [5, 5.41) is 12.6. The number of aliphatic hydroxyl groups is 1. The van der Waals surface area contributed by atoms with Crippen LogP contribution in [0.5, 0.6) is 0 Å². The highest BCUT2D eigenvalue weighted by Crippen LogP contribution is 2.24. The molecule has 0 aromatic carbocycles. The van der Waals surface area contributed by atoms with Crippen molar-refractivity contribution in [2.75, 3.05) is 33.8 Å². The lowest BCUT2D eigenvalue weighted by Gasteiger charge is -2.28. The van der Waals surface area contributed by atoms with E-state index in [1.807, 2.05) is 7.05 Å². The molecule has 0 amide bonds. The van der Waals surface area contributed by atoms with Crippen molar-refractivity contribution in [3.05, 3.63) is 0 Å². The highest BCUT2D eigenvalue weighted by molar-refractivity contribution is 4.80. The predicted molar refractivity (Wildman–Crippen MR) is 82.5 cm³/mol. The molecule has 0 saturated heterocycles. The van der Waals surface area contributed by atoms with Crippen molar-refractivity contribution in [2.24, 2.45) is 5.92 Å². The molecule has 0 heterocycles. The largest absolute Gasteiger partial charge is 0.394 e. The Labute approximate surface area is 119 Å². The molecule has 3 heteroatoms. The number of aliphatic hydroxyl groups excluding tert-OH is 1. The minimum atomic E-state index is -0.0953. The van der Waals surface area contributed by atoms with Gasteiger partial charge in [-0.05, 0) is 59.2 Å². The minimum absolute atomic E-state index is 0.0953. The van der Waals surface area contributed by atoms with Crippen LogP contribution in [-0.2, 0) is 0 Å². The first kappa shape index (κ1) is 16.9. The van der Waals surface area contributed by atoms with Crippen molar-refractivity contribution in [1.29, 1.82) is 0 Å². The molecule has 0 radical (unpaired) electrons. The molecule has 0 aromatic rings. The molecule has 0 aliphatic heterocycles. The molecule has 0 spiro atoms. The zero-order valence-electron chi connectivity index (χ0n) is 13.2. The summed E-state index contributed by atoms with van der Waals surface area (Å²) in [5.41, 5.74) is -0.0953. The van der Waals surface area contributed by atoms with E-state index in [0.717, 1.165) is 12.3 Å². The molecule has 1 fully saturated rings. The molecule has 1 rings (SSSR count). The number of likely N-dealkylation sites (N-methyl/N-ethyl adjacent to an activating group) is 1. The van der Waals surface area contributed by atoms with Crippen molar-refractivity contribution in [3.8, 4) is 0 Å². The van der Waals surface area contributed by atoms with E-state index < -0.39 is 0 Å². The van der Waals surface area contributed by atoms with E-state index in [0.29, 0.717) is 0 Å². The number of nitrogens with one attached hydrogen (secondary N) is 1. The van der Waals surface area contributed by atoms with E-state index in [1.54, 1.807) is 0 Å². The van der Waals surface area contributed by atoms with Gasteiger partial charge in [0.15, 0.2) is 0 Å². The quantitative estimate of drug-likeness (QED) is 0.632. The molecular weight excluding hydrogens is 236 g/mol. The lowest BCUT2D eigenvalue weighted by atomic mass is 9.89. The van der Waals surface area contributed by atoms with Crippen molar-refractivity contribution in [3.63, 3.8) is 0 Å². The van der Waals surface area contributed by atoms with Gasteiger partial charge >= 0.3 is 0 Å². The number of hydrogen-bond acceptors (Lipinski definition) is 3. The summed E-state index contributed by atoms with van der Waals surface area (Å²) in [7, 11) is 4.20. The Morgan fingerprint density at radius 3 is 2.47 bits per heavy atom. The van der Waals surface area contributed by atoms with E-state index in [-0.39, 0.29) is 12.1 Å². The Bertz CT molecular complexity index is 223. The zero-order chi connectivity index (χ0) is 14.1. The monoisotopic (exact) mass is 270 g/mol. The van der Waals surface area contributed by atoms with Crippen LogP contribution < -0.4 is 5.32 Å². The van der Waals surface area contributed by atoms with Gasteiger partial charge in [0.1, 0.15) is 0 Å². The van der Waals surface area contributed by atoms with Gasteiger partial charge in [0.2, 0.25) is 0 Å². The van der Waals surface area contributed by atoms with Crippen LogP contribution in [0.15, 0.2) is 0 Å². The average Bonchev–Trinajstić information content (AvgIpc) is 2.44. The van der Waals surface area contributed by atoms with Crippen LogP contribution in [0, 0.1) is 5.92 Å². The van der Waals surface area contributed by atoms with Crippen molar-refractivity contribution in [2.45, 2.75) is 63.8 Å². The maximum Gasteiger partial charge on any atom is 0.0610 e. The molecule has 1 aliphatic rings. The number of nitrogens with zero attached hydrogens (tertiary/aromatic N) is 1. The van der Waals surface area contributed by atoms with Crippen LogP contribution in [0.4, 0.5) is 0 Å². The molecule has 3 nitrogen and oxygen atoms in total. The fraction of sp³-hybridized carbons (Fsp3) is 1.00. The molecule has 19 heavy (non-hydrogen) atoms. The van der Waals surface area contributed by atoms with Gasteiger partial charge in [-0.2, -0.15) is 0 Å². The first-order valence-electron chi connectivity index (χ1n) is 8.08. The number of unbranched alkanes of at least 4 members (excludes halogenated alkanes) is 1. The van der Waals surface area contributed by atoms with Crippen LogP contribution in [0.1, 0.15) is 58.3 Å². The van der Waals surface area contributed by atoms with Gasteiger partial charge in [-0.3, -0.25) is 0 Å². The van der Waals surface area contributed by atoms with E-state index in [4.69, 9.17) is 0 Å². The van der Waals surface area contributed by atoms with Gasteiger partial charge in [0.05, 0.1) is 6.61 Å². The third kappa shape index (κ3) is 6.73. The molecular formula is C16H34N2O. The lowest BCUT2D eigenvalue weighted by Crippen LogP contribution is -2.43. The van der Waals surface area contributed by atoms with E-state index >= 15 is 0 Å². The first-order chi connectivity index (χ1) is 9.09. The third-order valence-corrected chi connectivity index (χ3v) is 4.77. The highest BCUT2D eigenvalue weighted by Gasteiger charge is 2.20. The fourth-order valence-corrected chi connectivity index (χ4v) is 3.08. The van der Waals surface area contributed by atoms with E-state index in [1.165, 1.54) is 58.0 Å². The molecule has 1 aliphatic carbocycles. The van der Waals surface area contributed by atoms with Gasteiger partial charge in [0.25, 0.3) is 0 Å². The Morgan fingerprint density at radius 1 is 1.21 bits per heavy atom. The maximum atomic E-state index is 9.34. The van der Waals surface area contributed by atoms with Crippen LogP contribution in [-0.4, -0.2) is 49.3 Å². The predicted octanol–water partition coefficient (Wildman–Crippen LogP) is 2.64. The smallest absolute Gasteiger partial charge is 0.0610 e. The molecule has 0 aromatic heterocycles. The van der Waals surface area contributed by atoms with Gasteiger partial charge in [-0.15, -0.1) is 0 Å². The summed E-state index contributed by atoms with van der Waals surface area (Å²) < 4.78 is 0. The van der Waals surface area contributed by atoms with Crippen molar-refractivity contribution < 1.29 is 5.11 Å². The Hall–Kier alpha value is -0.120. The third-order valence-electron chi connectivity index (χ3n) is 4.77. The van der Waals surface area contributed by atoms with Gasteiger partial charge < -0.3 is 15.3 Å². The molecule has 1 unspecified atom stereocenters. The number of rotatable bonds is 9. The Morgan fingerprint density at radius 2 is 1.89 bits per heavy atom. The first-order valence-corrected chi connectivity index (χ1v) is 8.08. The molecule has 2 N–H and O–H groups in total. The number of hydrogen-bond donors (Lipinski definition) is 2. The molecule has 1 saturated carbocycles. The average molecular weight is 270 g/mol. The summed E-state index contributed by atoms with van der Waals surface area (Å²) in [6.07, 6.45) is 10.7. The second-order valence-electron chi connectivity index (χ2n) is 6.69. The van der Waals surface area contributed by atoms with Crippen molar-refractivity contribution in [1.82, 2.24) is 10.2 Å². The SMILES string of the molecule is CNC(C)(CO)CCCCN(C)CC1CCCCC1. The van der Waals surface area contributed by atoms with Gasteiger partial charge in [0, 0.05) is 12.1 Å². The Balaban J connectivity index is 2.08. The second kappa shape index (κ2) is 8.93. The lowest BCUT2D eigenvalue weighted by molar-refractivity contribution is 0.168. The maximum absolute atomic E-state index is 9.34. The highest BCUT2D eigenvalue weighted by atomic mass is 16.3. The van der Waals surface area contributed by atoms with E-state index in [2.05, 4.69) is 24.2 Å². The summed E-state index contributed by atoms with van der Waals surface area (Å²) in [4.78, 5) is 2.51. The van der Waals surface area contributed by atoms with Crippen LogP contribution in [0.2, 0.25) is 0 Å². The zero-order valence-corrected chi connectivity index (χ0v) is 13.2. The molecule has 0 bridgehead atoms. The van der Waals surface area contributed by atoms with Crippen molar-refractivity contribution >= 4 is 0 Å². The second-order valence-corrected chi connectivity index (χ2v) is 6.69. The summed E-state index contributed by atoms with van der Waals surface area (Å²) in [6, 6.07) is 0. The topological polar surface area (TPSA) is 35.5 Å². The summed E-state index contributed by atoms with van der Waals surface area (Å²) in [6.45, 7) is 4.80. The summed E-state index contributed by atoms with van der Waals surface area (Å²) >= 11 is 0. The Kier molecular flexibility index (Phi) is 7.96. The van der Waals surface area contributed by atoms with E-state index in [9.17, 15) is 5.11 Å². The standard InChI is InChI=1S/C16H34N2O/c1-16(14-19,17-2)11-7-8-12-18(3)13-15-9-5-4-6-10-15/h15,17,19H,4-14H2,1-3H3. The van der Waals surface area contributed by atoms with Crippen LogP contribution >= 0.6 is 0 Å². The van der Waals surface area contributed by atoms with Gasteiger partial charge in [-0.1, -0.05) is 25.7 Å². The minimum Gasteiger partial charge on any atom is -0.394 e. The fourth-order valence-electron chi connectivity index (χ4n) is 3.08. The van der Waals surface area contributed by atoms with Gasteiger partial charge in [-0.25, -0.2) is 0 Å². The van der Waals surface area contributed by atoms with Crippen LogP contribution in [0.3, 0.4) is 0 Å². The molecule has 114 valence electrons. The van der Waals surface area contributed by atoms with Crippen LogP contribution in [0.25, 0.3) is 0 Å². The molecule has 1 atom stereocenters. The summed E-state index contributed by atoms with van der Waals surface area (Å²) in [5.74, 6) is 0.943.